The number of allylic oxidation sites excluding steroid dienone is 1. The largest absolute Gasteiger partial charge is 0.497 e. The Morgan fingerprint density at radius 3 is 1.45 bits per heavy atom. The third kappa shape index (κ3) is 6.03. The Balaban J connectivity index is 1.82. The van der Waals surface area contributed by atoms with Crippen LogP contribution in [0.4, 0.5) is 0 Å². The lowest BCUT2D eigenvalue weighted by Crippen LogP contribution is -2.19. The third-order valence-electron chi connectivity index (χ3n) is 6.83. The first-order valence-corrected chi connectivity index (χ1v) is 15.0. The summed E-state index contributed by atoms with van der Waals surface area (Å²) in [6.45, 7) is 0. The van der Waals surface area contributed by atoms with Gasteiger partial charge in [-0.05, 0) is 28.8 Å². The average molecular weight is 543 g/mol. The van der Waals surface area contributed by atoms with Crippen LogP contribution in [0, 0.1) is 0 Å². The van der Waals surface area contributed by atoms with E-state index in [2.05, 4.69) is 30.0 Å². The second kappa shape index (κ2) is 12.5. The molecule has 5 aromatic rings. The van der Waals surface area contributed by atoms with Gasteiger partial charge in [-0.1, -0.05) is 121 Å². The van der Waals surface area contributed by atoms with Crippen molar-refractivity contribution in [2.24, 2.45) is 0 Å². The van der Waals surface area contributed by atoms with Crippen LogP contribution in [-0.4, -0.2) is 20.4 Å². The van der Waals surface area contributed by atoms with Crippen LogP contribution in [0.1, 0.15) is 16.7 Å². The van der Waals surface area contributed by atoms with Gasteiger partial charge < -0.3 is 14.0 Å². The molecule has 0 N–H and O–H groups in total. The number of hydrogen-bond donors (Lipinski definition) is 0. The van der Waals surface area contributed by atoms with Crippen molar-refractivity contribution in [2.45, 2.75) is 0 Å². The summed E-state index contributed by atoms with van der Waals surface area (Å²) >= 11 is 0. The first-order chi connectivity index (χ1) is 19.6. The molecule has 40 heavy (non-hydrogen) atoms. The predicted octanol–water partition coefficient (Wildman–Crippen LogP) is 7.83. The highest BCUT2D eigenvalue weighted by molar-refractivity contribution is 7.79. The van der Waals surface area contributed by atoms with E-state index < -0.39 is 7.14 Å². The molecule has 0 amide bonds. The van der Waals surface area contributed by atoms with E-state index in [1.807, 2.05) is 115 Å². The van der Waals surface area contributed by atoms with Gasteiger partial charge in [0.05, 0.1) is 14.2 Å². The molecule has 0 atom stereocenters. The van der Waals surface area contributed by atoms with Crippen molar-refractivity contribution in [3.63, 3.8) is 0 Å². The van der Waals surface area contributed by atoms with Crippen molar-refractivity contribution in [3.8, 4) is 11.5 Å². The summed E-state index contributed by atoms with van der Waals surface area (Å²) in [6.07, 6.45) is 0.308. The second-order valence-electron chi connectivity index (χ2n) is 9.38. The van der Waals surface area contributed by atoms with Crippen LogP contribution in [0.5, 0.6) is 11.5 Å². The summed E-state index contributed by atoms with van der Waals surface area (Å²) in [6, 6.07) is 45.6. The molecule has 0 radical (unpaired) electrons. The lowest BCUT2D eigenvalue weighted by Gasteiger charge is -2.21. The molecule has 5 rings (SSSR count). The van der Waals surface area contributed by atoms with Crippen molar-refractivity contribution < 1.29 is 14.0 Å². The summed E-state index contributed by atoms with van der Waals surface area (Å²) in [5, 5.41) is 1.64. The highest BCUT2D eigenvalue weighted by Gasteiger charge is 2.29. The fourth-order valence-corrected chi connectivity index (χ4v) is 7.43. The summed E-state index contributed by atoms with van der Waals surface area (Å²) in [7, 11) is 0.211. The Labute approximate surface area is 236 Å². The molecular formula is C36H31O3P. The van der Waals surface area contributed by atoms with Crippen molar-refractivity contribution in [3.05, 3.63) is 162 Å². The Kier molecular flexibility index (Phi) is 8.47. The molecule has 4 heteroatoms. The molecule has 0 fully saturated rings. The van der Waals surface area contributed by atoms with Crippen LogP contribution in [0.25, 0.3) is 11.1 Å². The first-order valence-electron chi connectivity index (χ1n) is 13.1. The summed E-state index contributed by atoms with van der Waals surface area (Å²) in [5.41, 5.74) is 8.32. The van der Waals surface area contributed by atoms with Gasteiger partial charge in [0.2, 0.25) is 0 Å². The van der Waals surface area contributed by atoms with Gasteiger partial charge in [0.15, 0.2) is 0 Å². The van der Waals surface area contributed by atoms with Crippen LogP contribution in [0.2, 0.25) is 0 Å². The molecular weight excluding hydrogens is 511 g/mol. The number of benzene rings is 5. The topological polar surface area (TPSA) is 35.5 Å². The normalized spacial score (nSPS) is 10.8. The first kappa shape index (κ1) is 27.0. The van der Waals surface area contributed by atoms with Gasteiger partial charge in [-0.2, -0.15) is 0 Å². The Bertz CT molecular complexity index is 1610. The van der Waals surface area contributed by atoms with Gasteiger partial charge in [-0.3, -0.25) is 0 Å². The van der Waals surface area contributed by atoms with E-state index in [1.165, 1.54) is 0 Å². The maximum absolute atomic E-state index is 15.1. The minimum atomic E-state index is -3.08. The molecule has 0 aliphatic heterocycles. The smallest absolute Gasteiger partial charge is 0.148 e. The van der Waals surface area contributed by atoms with E-state index in [9.17, 15) is 0 Å². The molecule has 0 aliphatic carbocycles. The second-order valence-corrected chi connectivity index (χ2v) is 12.2. The van der Waals surface area contributed by atoms with Gasteiger partial charge in [0.25, 0.3) is 0 Å². The van der Waals surface area contributed by atoms with E-state index in [0.717, 1.165) is 38.4 Å². The molecule has 5 aromatic carbocycles. The van der Waals surface area contributed by atoms with Crippen LogP contribution >= 0.6 is 7.14 Å². The van der Waals surface area contributed by atoms with Crippen molar-refractivity contribution in [1.29, 1.82) is 0 Å². The molecule has 0 unspecified atom stereocenters. The van der Waals surface area contributed by atoms with Crippen LogP contribution in [0.15, 0.2) is 145 Å². The Morgan fingerprint density at radius 2 is 1.00 bits per heavy atom. The molecule has 0 heterocycles. The van der Waals surface area contributed by atoms with Crippen molar-refractivity contribution in [2.75, 3.05) is 20.4 Å². The SMILES string of the molecule is COc1cc(OC)cc(C(=C=C(CP(=O)(c2ccccc2)c2ccccc2)c2ccccc2)c2ccccc2)c1. The van der Waals surface area contributed by atoms with E-state index in [-0.39, 0.29) is 0 Å². The van der Waals surface area contributed by atoms with Crippen LogP contribution < -0.4 is 20.1 Å². The molecule has 0 spiro atoms. The summed E-state index contributed by atoms with van der Waals surface area (Å²) < 4.78 is 26.3. The fraction of sp³-hybridized carbons (Fsp3) is 0.0833. The zero-order chi connectivity index (χ0) is 27.8. The molecule has 0 saturated carbocycles. The van der Waals surface area contributed by atoms with E-state index in [1.54, 1.807) is 14.2 Å². The van der Waals surface area contributed by atoms with Crippen molar-refractivity contribution in [1.82, 2.24) is 0 Å². The summed E-state index contributed by atoms with van der Waals surface area (Å²) in [4.78, 5) is 0. The zero-order valence-corrected chi connectivity index (χ0v) is 23.6. The van der Waals surface area contributed by atoms with Gasteiger partial charge in [-0.15, -0.1) is 5.73 Å². The number of hydrogen-bond acceptors (Lipinski definition) is 3. The Hall–Kier alpha value is -4.55. The molecule has 198 valence electrons. The molecule has 3 nitrogen and oxygen atoms in total. The summed E-state index contributed by atoms with van der Waals surface area (Å²) in [5.74, 6) is 1.37. The number of ether oxygens (including phenoxy) is 2. The van der Waals surface area contributed by atoms with Crippen LogP contribution in [-0.2, 0) is 4.57 Å². The molecule has 0 aliphatic rings. The monoisotopic (exact) mass is 542 g/mol. The number of rotatable bonds is 9. The minimum absolute atomic E-state index is 0.308. The minimum Gasteiger partial charge on any atom is -0.497 e. The molecule has 0 bridgehead atoms. The van der Waals surface area contributed by atoms with Crippen molar-refractivity contribution >= 4 is 28.9 Å². The maximum Gasteiger partial charge on any atom is 0.148 e. The van der Waals surface area contributed by atoms with E-state index >= 15 is 4.57 Å². The highest BCUT2D eigenvalue weighted by Crippen LogP contribution is 2.47. The lowest BCUT2D eigenvalue weighted by molar-refractivity contribution is 0.394. The van der Waals surface area contributed by atoms with Gasteiger partial charge in [0.1, 0.15) is 18.6 Å². The van der Waals surface area contributed by atoms with Crippen LogP contribution in [0.3, 0.4) is 0 Å². The average Bonchev–Trinajstić information content (AvgIpc) is 3.04. The van der Waals surface area contributed by atoms with E-state index in [0.29, 0.717) is 17.7 Å². The third-order valence-corrected chi connectivity index (χ3v) is 9.85. The molecule has 0 aromatic heterocycles. The standard InChI is InChI=1S/C36H31O3P/c1-38-32-23-30(24-33(26-32)39-2)36(29-17-9-4-10-18-29)25-31(28-15-7-3-8-16-28)27-40(37,34-19-11-5-12-20-34)35-21-13-6-14-22-35/h3-24,26H,27H2,1-2H3. The van der Waals surface area contributed by atoms with Gasteiger partial charge in [0, 0.05) is 34.0 Å². The highest BCUT2D eigenvalue weighted by atomic mass is 31.2. The fourth-order valence-electron chi connectivity index (χ4n) is 4.75. The predicted molar refractivity (Wildman–Crippen MR) is 166 cm³/mol. The van der Waals surface area contributed by atoms with Gasteiger partial charge >= 0.3 is 0 Å². The zero-order valence-electron chi connectivity index (χ0n) is 22.7. The molecule has 0 saturated heterocycles. The van der Waals surface area contributed by atoms with Gasteiger partial charge in [-0.25, -0.2) is 0 Å². The maximum atomic E-state index is 15.1. The Morgan fingerprint density at radius 1 is 0.575 bits per heavy atom. The lowest BCUT2D eigenvalue weighted by atomic mass is 9.96. The van der Waals surface area contributed by atoms with E-state index in [4.69, 9.17) is 9.47 Å². The number of methoxy groups -OCH3 is 2. The quantitative estimate of drug-likeness (QED) is 0.141.